The number of hydrogen-bond donors (Lipinski definition) is 1. The molecule has 5 nitrogen and oxygen atoms in total. The summed E-state index contributed by atoms with van der Waals surface area (Å²) in [5.41, 5.74) is 0. The highest BCUT2D eigenvalue weighted by atomic mass is 32.3. The molecule has 1 N–H and O–H groups in total. The molecule has 0 bridgehead atoms. The SMILES string of the molecule is C=CS(=O)(=O)C(O)(CC)S(=O)(=O)C=C. The molecule has 0 amide bonds. The summed E-state index contributed by atoms with van der Waals surface area (Å²) >= 11 is 0. The largest absolute Gasteiger partial charge is 0.362 e. The highest BCUT2D eigenvalue weighted by Gasteiger charge is 2.49. The van der Waals surface area contributed by atoms with E-state index in [1.807, 2.05) is 0 Å². The van der Waals surface area contributed by atoms with Crippen LogP contribution in [0, 0.1) is 0 Å². The second-order valence-electron chi connectivity index (χ2n) is 2.49. The maximum atomic E-state index is 11.3. The number of sulfone groups is 2. The minimum absolute atomic E-state index is 0.414. The van der Waals surface area contributed by atoms with E-state index < -0.39 is 30.4 Å². The van der Waals surface area contributed by atoms with Crippen molar-refractivity contribution in [3.63, 3.8) is 0 Å². The van der Waals surface area contributed by atoms with Gasteiger partial charge in [-0.05, 0) is 0 Å². The van der Waals surface area contributed by atoms with E-state index in [-0.39, 0.29) is 0 Å². The Labute approximate surface area is 83.6 Å². The van der Waals surface area contributed by atoms with Crippen molar-refractivity contribution in [2.45, 2.75) is 17.6 Å². The van der Waals surface area contributed by atoms with Gasteiger partial charge in [-0.2, -0.15) is 0 Å². The van der Waals surface area contributed by atoms with Crippen molar-refractivity contribution in [3.05, 3.63) is 24.0 Å². The summed E-state index contributed by atoms with van der Waals surface area (Å²) in [6, 6.07) is 0. The van der Waals surface area contributed by atoms with Crippen LogP contribution in [0.5, 0.6) is 0 Å². The van der Waals surface area contributed by atoms with Crippen LogP contribution in [0.15, 0.2) is 24.0 Å². The molecule has 0 rings (SSSR count). The molecule has 0 aliphatic carbocycles. The average molecular weight is 240 g/mol. The van der Waals surface area contributed by atoms with Gasteiger partial charge < -0.3 is 5.11 Å². The molecule has 0 fully saturated rings. The number of aliphatic hydroxyl groups is 1. The van der Waals surface area contributed by atoms with Gasteiger partial charge in [0.2, 0.25) is 19.7 Å². The predicted molar refractivity (Wildman–Crippen MR) is 53.5 cm³/mol. The molecular formula is C7H12O5S2. The molecule has 0 aromatic rings. The van der Waals surface area contributed by atoms with Gasteiger partial charge in [0.05, 0.1) is 0 Å². The van der Waals surface area contributed by atoms with E-state index in [0.717, 1.165) is 0 Å². The number of rotatable bonds is 5. The van der Waals surface area contributed by atoms with Gasteiger partial charge >= 0.3 is 0 Å². The second-order valence-corrected chi connectivity index (χ2v) is 6.95. The van der Waals surface area contributed by atoms with Crippen LogP contribution in [0.4, 0.5) is 0 Å². The van der Waals surface area contributed by atoms with Crippen LogP contribution in [0.1, 0.15) is 13.3 Å². The third-order valence-electron chi connectivity index (χ3n) is 1.77. The van der Waals surface area contributed by atoms with E-state index >= 15 is 0 Å². The lowest BCUT2D eigenvalue weighted by Gasteiger charge is -2.22. The summed E-state index contributed by atoms with van der Waals surface area (Å²) in [7, 11) is -8.64. The zero-order valence-electron chi connectivity index (χ0n) is 7.67. The first-order valence-corrected chi connectivity index (χ1v) is 6.74. The zero-order valence-corrected chi connectivity index (χ0v) is 9.31. The van der Waals surface area contributed by atoms with Crippen molar-refractivity contribution in [1.82, 2.24) is 0 Å². The summed E-state index contributed by atoms with van der Waals surface area (Å²) in [5, 5.41) is 10.4. The molecule has 0 aliphatic rings. The van der Waals surface area contributed by atoms with E-state index in [1.165, 1.54) is 6.92 Å². The molecule has 0 saturated heterocycles. The van der Waals surface area contributed by atoms with Crippen LogP contribution < -0.4 is 0 Å². The maximum Gasteiger partial charge on any atom is 0.275 e. The quantitative estimate of drug-likeness (QED) is 0.739. The first kappa shape index (κ1) is 13.3. The van der Waals surface area contributed by atoms with Crippen LogP contribution in [-0.4, -0.2) is 26.2 Å². The standard InChI is InChI=1S/C7H12O5S2/c1-4-7(8,13(9,10)5-2)14(11,12)6-3/h5-6,8H,2-4H2,1H3. The molecule has 0 spiro atoms. The van der Waals surface area contributed by atoms with Crippen molar-refractivity contribution in [2.75, 3.05) is 0 Å². The van der Waals surface area contributed by atoms with Gasteiger partial charge in [-0.3, -0.25) is 0 Å². The monoisotopic (exact) mass is 240 g/mol. The van der Waals surface area contributed by atoms with E-state index in [4.69, 9.17) is 0 Å². The Morgan fingerprint density at radius 1 is 1.14 bits per heavy atom. The first-order valence-electron chi connectivity index (χ1n) is 3.65. The van der Waals surface area contributed by atoms with E-state index in [9.17, 15) is 21.9 Å². The smallest absolute Gasteiger partial charge is 0.275 e. The van der Waals surface area contributed by atoms with Crippen LogP contribution in [0.3, 0.4) is 0 Å². The van der Waals surface area contributed by atoms with Gasteiger partial charge in [0.25, 0.3) is 4.27 Å². The molecule has 14 heavy (non-hydrogen) atoms. The highest BCUT2D eigenvalue weighted by molar-refractivity contribution is 8.12. The lowest BCUT2D eigenvalue weighted by Crippen LogP contribution is -2.43. The Kier molecular flexibility index (Phi) is 3.65. The van der Waals surface area contributed by atoms with Gasteiger partial charge in [0.15, 0.2) is 0 Å². The van der Waals surface area contributed by atoms with Gasteiger partial charge in [-0.1, -0.05) is 20.1 Å². The Morgan fingerprint density at radius 3 is 1.57 bits per heavy atom. The van der Waals surface area contributed by atoms with Crippen molar-refractivity contribution >= 4 is 19.7 Å². The fourth-order valence-electron chi connectivity index (χ4n) is 0.825. The lowest BCUT2D eigenvalue weighted by atomic mass is 10.5. The Bertz CT molecular complexity index is 391. The lowest BCUT2D eigenvalue weighted by molar-refractivity contribution is 0.201. The summed E-state index contributed by atoms with van der Waals surface area (Å²) < 4.78 is 42.2. The summed E-state index contributed by atoms with van der Waals surface area (Å²) in [4.78, 5) is 0. The molecule has 0 radical (unpaired) electrons. The van der Waals surface area contributed by atoms with Crippen molar-refractivity contribution < 1.29 is 21.9 Å². The Hall–Kier alpha value is -0.660. The predicted octanol–water partition coefficient (Wildman–Crippen LogP) is 0.159. The minimum atomic E-state index is -4.32. The molecular weight excluding hydrogens is 228 g/mol. The highest BCUT2D eigenvalue weighted by Crippen LogP contribution is 2.27. The summed E-state index contributed by atoms with van der Waals surface area (Å²) in [5.74, 6) is 0. The molecule has 0 aliphatic heterocycles. The van der Waals surface area contributed by atoms with E-state index in [1.54, 1.807) is 0 Å². The van der Waals surface area contributed by atoms with Crippen LogP contribution >= 0.6 is 0 Å². The average Bonchev–Trinajstić information content (AvgIpc) is 2.15. The van der Waals surface area contributed by atoms with E-state index in [2.05, 4.69) is 13.2 Å². The molecule has 0 unspecified atom stereocenters. The van der Waals surface area contributed by atoms with Gasteiger partial charge in [-0.25, -0.2) is 16.8 Å². The normalized spacial score (nSPS) is 13.6. The third kappa shape index (κ3) is 1.75. The van der Waals surface area contributed by atoms with Crippen LogP contribution in [0.25, 0.3) is 0 Å². The first-order chi connectivity index (χ1) is 6.18. The summed E-state index contributed by atoms with van der Waals surface area (Å²) in [6.45, 7) is 7.13. The summed E-state index contributed by atoms with van der Waals surface area (Å²) in [6.07, 6.45) is -0.490. The van der Waals surface area contributed by atoms with Crippen molar-refractivity contribution in [3.8, 4) is 0 Å². The van der Waals surface area contributed by atoms with Gasteiger partial charge in [0, 0.05) is 17.2 Å². The minimum Gasteiger partial charge on any atom is -0.362 e. The molecule has 0 heterocycles. The fraction of sp³-hybridized carbons (Fsp3) is 0.429. The van der Waals surface area contributed by atoms with Gasteiger partial charge in [0.1, 0.15) is 0 Å². The van der Waals surface area contributed by atoms with Crippen LogP contribution in [0.2, 0.25) is 0 Å². The second kappa shape index (κ2) is 3.84. The van der Waals surface area contributed by atoms with Gasteiger partial charge in [-0.15, -0.1) is 0 Å². The molecule has 82 valence electrons. The third-order valence-corrected chi connectivity index (χ3v) is 6.40. The maximum absolute atomic E-state index is 11.3. The fourth-order valence-corrected chi connectivity index (χ4v) is 3.85. The number of hydrogen-bond acceptors (Lipinski definition) is 5. The molecule has 0 aromatic carbocycles. The molecule has 0 saturated carbocycles. The van der Waals surface area contributed by atoms with Crippen LogP contribution in [-0.2, 0) is 19.7 Å². The topological polar surface area (TPSA) is 88.5 Å². The van der Waals surface area contributed by atoms with Crippen molar-refractivity contribution in [2.24, 2.45) is 0 Å². The Balaban J connectivity index is 5.93. The Morgan fingerprint density at radius 2 is 1.43 bits per heavy atom. The molecule has 7 heteroatoms. The molecule has 0 aromatic heterocycles. The zero-order chi connectivity index (χ0) is 11.6. The van der Waals surface area contributed by atoms with E-state index in [0.29, 0.717) is 10.8 Å². The van der Waals surface area contributed by atoms with Crippen molar-refractivity contribution in [1.29, 1.82) is 0 Å². The molecule has 0 atom stereocenters.